The van der Waals surface area contributed by atoms with E-state index in [1.165, 1.54) is 12.1 Å². The van der Waals surface area contributed by atoms with Crippen LogP contribution in [0.4, 0.5) is 23.8 Å². The van der Waals surface area contributed by atoms with Crippen LogP contribution in [0.3, 0.4) is 0 Å². The van der Waals surface area contributed by atoms with Crippen LogP contribution >= 0.6 is 0 Å². The van der Waals surface area contributed by atoms with Gasteiger partial charge in [0.1, 0.15) is 11.4 Å². The lowest BCUT2D eigenvalue weighted by Crippen LogP contribution is -2.51. The molecule has 1 aliphatic rings. The Morgan fingerprint density at radius 2 is 1.41 bits per heavy atom. The van der Waals surface area contributed by atoms with Crippen molar-refractivity contribution in [2.45, 2.75) is 39.5 Å². The third-order valence-corrected chi connectivity index (χ3v) is 6.53. The van der Waals surface area contributed by atoms with Crippen molar-refractivity contribution < 1.29 is 27.5 Å². The Hall–Kier alpha value is -4.08. The van der Waals surface area contributed by atoms with Gasteiger partial charge in [-0.3, -0.25) is 4.79 Å². The summed E-state index contributed by atoms with van der Waals surface area (Å²) in [4.78, 5) is 33.0. The number of amides is 2. The van der Waals surface area contributed by atoms with Crippen molar-refractivity contribution in [2.24, 2.45) is 0 Å². The monoisotopic (exact) mass is 540 g/mol. The molecule has 7 nitrogen and oxygen atoms in total. The Morgan fingerprint density at radius 3 is 1.95 bits per heavy atom. The fraction of sp³-hybridized carbons (Fsp3) is 0.345. The summed E-state index contributed by atoms with van der Waals surface area (Å²) >= 11 is 0. The molecule has 0 radical (unpaired) electrons. The van der Waals surface area contributed by atoms with Crippen molar-refractivity contribution >= 4 is 17.8 Å². The van der Waals surface area contributed by atoms with E-state index >= 15 is 0 Å². The van der Waals surface area contributed by atoms with Gasteiger partial charge in [-0.05, 0) is 68.7 Å². The number of rotatable bonds is 3. The quantitative estimate of drug-likeness (QED) is 0.439. The summed E-state index contributed by atoms with van der Waals surface area (Å²) in [5, 5.41) is 0. The molecule has 0 bridgehead atoms. The predicted octanol–water partition coefficient (Wildman–Crippen LogP) is 6.02. The van der Waals surface area contributed by atoms with E-state index in [9.17, 15) is 22.8 Å². The molecule has 206 valence electrons. The van der Waals surface area contributed by atoms with Gasteiger partial charge in [0.2, 0.25) is 0 Å². The Kier molecular flexibility index (Phi) is 7.59. The molecule has 2 amide bonds. The van der Waals surface area contributed by atoms with Gasteiger partial charge < -0.3 is 20.3 Å². The number of piperazine rings is 1. The number of nitrogens with zero attached hydrogens (tertiary/aromatic N) is 3. The van der Waals surface area contributed by atoms with E-state index in [4.69, 9.17) is 10.5 Å². The van der Waals surface area contributed by atoms with Gasteiger partial charge in [-0.2, -0.15) is 13.2 Å². The molecule has 1 saturated heterocycles. The Morgan fingerprint density at radius 1 is 0.872 bits per heavy atom. The van der Waals surface area contributed by atoms with Crippen LogP contribution in [0.5, 0.6) is 0 Å². The number of halogens is 3. The van der Waals surface area contributed by atoms with E-state index in [0.29, 0.717) is 42.9 Å². The molecule has 0 unspecified atom stereocenters. The van der Waals surface area contributed by atoms with Crippen molar-refractivity contribution in [3.63, 3.8) is 0 Å². The number of nitrogen functional groups attached to an aromatic ring is 1. The van der Waals surface area contributed by atoms with Crippen molar-refractivity contribution in [3.8, 4) is 22.3 Å². The maximum absolute atomic E-state index is 13.1. The molecular weight excluding hydrogens is 509 g/mol. The molecule has 0 atom stereocenters. The van der Waals surface area contributed by atoms with Gasteiger partial charge in [0.05, 0.1) is 5.56 Å². The lowest BCUT2D eigenvalue weighted by atomic mass is 9.93. The second kappa shape index (κ2) is 10.6. The molecule has 2 heterocycles. The summed E-state index contributed by atoms with van der Waals surface area (Å²) in [7, 11) is 0. The van der Waals surface area contributed by atoms with Crippen LogP contribution in [0.2, 0.25) is 0 Å². The van der Waals surface area contributed by atoms with Crippen LogP contribution in [-0.4, -0.2) is 58.6 Å². The van der Waals surface area contributed by atoms with E-state index in [1.54, 1.807) is 40.3 Å². The van der Waals surface area contributed by atoms with Crippen LogP contribution in [0.25, 0.3) is 22.3 Å². The molecule has 0 spiro atoms. The Labute approximate surface area is 225 Å². The lowest BCUT2D eigenvalue weighted by Gasteiger charge is -2.35. The van der Waals surface area contributed by atoms with E-state index in [1.807, 2.05) is 27.7 Å². The number of nitrogens with two attached hydrogens (primary N) is 1. The van der Waals surface area contributed by atoms with Crippen LogP contribution in [0.15, 0.2) is 54.7 Å². The van der Waals surface area contributed by atoms with Crippen LogP contribution in [-0.2, 0) is 10.9 Å². The van der Waals surface area contributed by atoms with Crippen molar-refractivity contribution in [1.29, 1.82) is 0 Å². The SMILES string of the molecule is Cc1c(-c2ccc(C(=O)N3CCN(C(=O)OC(C)(C)C)CC3)cc2)cnc(N)c1-c1ccc(C(F)(F)F)cc1. The minimum atomic E-state index is -4.43. The zero-order valence-corrected chi connectivity index (χ0v) is 22.3. The maximum atomic E-state index is 13.1. The Balaban J connectivity index is 1.49. The van der Waals surface area contributed by atoms with Crippen LogP contribution < -0.4 is 5.73 Å². The van der Waals surface area contributed by atoms with E-state index in [2.05, 4.69) is 4.98 Å². The number of ether oxygens (including phenoxy) is 1. The summed E-state index contributed by atoms with van der Waals surface area (Å²) in [6.45, 7) is 8.85. The minimum absolute atomic E-state index is 0.136. The third kappa shape index (κ3) is 6.32. The van der Waals surface area contributed by atoms with E-state index in [0.717, 1.165) is 28.8 Å². The van der Waals surface area contributed by atoms with E-state index < -0.39 is 17.3 Å². The molecule has 2 N–H and O–H groups in total. The summed E-state index contributed by atoms with van der Waals surface area (Å²) in [5.41, 5.74) is 8.70. The fourth-order valence-electron chi connectivity index (χ4n) is 4.50. The number of hydrogen-bond donors (Lipinski definition) is 1. The second-order valence-electron chi connectivity index (χ2n) is 10.5. The first kappa shape index (κ1) is 27.9. The zero-order valence-electron chi connectivity index (χ0n) is 22.3. The topological polar surface area (TPSA) is 88.8 Å². The summed E-state index contributed by atoms with van der Waals surface area (Å²) in [6, 6.07) is 11.9. The molecule has 1 aromatic heterocycles. The van der Waals surface area contributed by atoms with Gasteiger partial charge >= 0.3 is 12.3 Å². The fourth-order valence-corrected chi connectivity index (χ4v) is 4.50. The molecule has 4 rings (SSSR count). The number of carbonyl (C=O) groups excluding carboxylic acids is 2. The lowest BCUT2D eigenvalue weighted by molar-refractivity contribution is -0.137. The summed E-state index contributed by atoms with van der Waals surface area (Å²) in [6.07, 6.45) is -3.20. The van der Waals surface area contributed by atoms with Crippen LogP contribution in [0, 0.1) is 6.92 Å². The summed E-state index contributed by atoms with van der Waals surface area (Å²) in [5.74, 6) is 0.0799. The molecule has 10 heteroatoms. The predicted molar refractivity (Wildman–Crippen MR) is 143 cm³/mol. The smallest absolute Gasteiger partial charge is 0.416 e. The van der Waals surface area contributed by atoms with Gasteiger partial charge in [0.25, 0.3) is 5.91 Å². The third-order valence-electron chi connectivity index (χ3n) is 6.53. The first-order valence-electron chi connectivity index (χ1n) is 12.5. The number of hydrogen-bond acceptors (Lipinski definition) is 5. The average Bonchev–Trinajstić information content (AvgIpc) is 2.87. The molecule has 1 aliphatic heterocycles. The normalized spacial score (nSPS) is 14.3. The number of pyridine rings is 1. The number of benzene rings is 2. The first-order valence-corrected chi connectivity index (χ1v) is 12.5. The number of anilines is 1. The van der Waals surface area contributed by atoms with Crippen LogP contribution in [0.1, 0.15) is 42.3 Å². The molecular formula is C29H31F3N4O3. The maximum Gasteiger partial charge on any atom is 0.416 e. The first-order chi connectivity index (χ1) is 18.2. The van der Waals surface area contributed by atoms with Gasteiger partial charge in [-0.1, -0.05) is 24.3 Å². The van der Waals surface area contributed by atoms with Crippen molar-refractivity contribution in [1.82, 2.24) is 14.8 Å². The minimum Gasteiger partial charge on any atom is -0.444 e. The highest BCUT2D eigenvalue weighted by Gasteiger charge is 2.30. The summed E-state index contributed by atoms with van der Waals surface area (Å²) < 4.78 is 44.4. The van der Waals surface area contributed by atoms with Gasteiger partial charge in [0.15, 0.2) is 0 Å². The highest BCUT2D eigenvalue weighted by Crippen LogP contribution is 2.37. The Bertz CT molecular complexity index is 1360. The van der Waals surface area contributed by atoms with E-state index in [-0.39, 0.29) is 17.8 Å². The van der Waals surface area contributed by atoms with Crippen molar-refractivity contribution in [3.05, 3.63) is 71.4 Å². The molecule has 3 aromatic rings. The average molecular weight is 541 g/mol. The molecule has 2 aromatic carbocycles. The highest BCUT2D eigenvalue weighted by molar-refractivity contribution is 5.95. The number of aromatic nitrogens is 1. The van der Waals surface area contributed by atoms with Gasteiger partial charge in [-0.25, -0.2) is 9.78 Å². The number of alkyl halides is 3. The van der Waals surface area contributed by atoms with Gasteiger partial charge in [-0.15, -0.1) is 0 Å². The molecule has 0 aliphatic carbocycles. The highest BCUT2D eigenvalue weighted by atomic mass is 19.4. The molecule has 1 fully saturated rings. The van der Waals surface area contributed by atoms with Crippen molar-refractivity contribution in [2.75, 3.05) is 31.9 Å². The standard InChI is InChI=1S/C29H31F3N4O3/c1-18-23(17-34-25(33)24(18)20-9-11-22(12-10-20)29(30,31)32)19-5-7-21(8-6-19)26(37)35-13-15-36(16-14-35)27(38)39-28(2,3)4/h5-12,17H,13-16H2,1-4H3,(H2,33,34). The molecule has 39 heavy (non-hydrogen) atoms. The largest absolute Gasteiger partial charge is 0.444 e. The molecule has 0 saturated carbocycles. The second-order valence-corrected chi connectivity index (χ2v) is 10.5. The number of carbonyl (C=O) groups is 2. The zero-order chi connectivity index (χ0) is 28.5. The van der Waals surface area contributed by atoms with Gasteiger partial charge in [0, 0.05) is 49.1 Å².